The monoisotopic (exact) mass is 309 g/mol. The van der Waals surface area contributed by atoms with E-state index in [-0.39, 0.29) is 6.61 Å². The molecule has 1 rings (SSSR count). The van der Waals surface area contributed by atoms with E-state index in [2.05, 4.69) is 5.32 Å². The Morgan fingerprint density at radius 3 is 2.45 bits per heavy atom. The summed E-state index contributed by atoms with van der Waals surface area (Å²) >= 11 is 0. The number of carboxylic acids is 1. The number of hydrogen-bond acceptors (Lipinski definition) is 4. The number of ether oxygens (including phenoxy) is 2. The summed E-state index contributed by atoms with van der Waals surface area (Å²) in [4.78, 5) is 22.9. The van der Waals surface area contributed by atoms with Crippen LogP contribution in [0, 0.1) is 13.8 Å². The fraction of sp³-hybridized carbons (Fsp3) is 0.500. The van der Waals surface area contributed by atoms with Crippen LogP contribution in [0.2, 0.25) is 0 Å². The van der Waals surface area contributed by atoms with Gasteiger partial charge in [-0.1, -0.05) is 12.1 Å². The molecule has 2 N–H and O–H groups in total. The van der Waals surface area contributed by atoms with Crippen LogP contribution in [0.5, 0.6) is 5.75 Å². The SMILES string of the molecule is Cc1cccc(OC[C@@H](NC(=O)OC(C)(C)C)C(=O)O)c1C. The zero-order valence-electron chi connectivity index (χ0n) is 13.6. The lowest BCUT2D eigenvalue weighted by Gasteiger charge is -2.22. The standard InChI is InChI=1S/C16H23NO5/c1-10-7-6-8-13(11(10)2)21-9-12(14(18)19)17-15(20)22-16(3,4)5/h6-8,12H,9H2,1-5H3,(H,17,20)(H,18,19)/t12-/m1/s1. The van der Waals surface area contributed by atoms with Crippen LogP contribution in [0.4, 0.5) is 4.79 Å². The van der Waals surface area contributed by atoms with E-state index in [1.165, 1.54) is 0 Å². The average Bonchev–Trinajstić information content (AvgIpc) is 2.36. The molecule has 1 aromatic rings. The summed E-state index contributed by atoms with van der Waals surface area (Å²) in [6.45, 7) is 8.76. The minimum atomic E-state index is -1.19. The van der Waals surface area contributed by atoms with Crippen molar-refractivity contribution in [3.63, 3.8) is 0 Å². The molecule has 0 radical (unpaired) electrons. The number of carbonyl (C=O) groups is 2. The predicted molar refractivity (Wildman–Crippen MR) is 82.2 cm³/mol. The maximum atomic E-state index is 11.7. The number of benzene rings is 1. The zero-order valence-corrected chi connectivity index (χ0v) is 13.6. The Labute approximate surface area is 130 Å². The van der Waals surface area contributed by atoms with Gasteiger partial charge in [0.1, 0.15) is 18.0 Å². The number of rotatable bonds is 5. The molecule has 1 atom stereocenters. The number of aliphatic carboxylic acids is 1. The van der Waals surface area contributed by atoms with Gasteiger partial charge < -0.3 is 19.9 Å². The van der Waals surface area contributed by atoms with Crippen molar-refractivity contribution < 1.29 is 24.2 Å². The molecule has 0 bridgehead atoms. The minimum absolute atomic E-state index is 0.182. The van der Waals surface area contributed by atoms with E-state index in [9.17, 15) is 14.7 Å². The molecule has 0 aliphatic carbocycles. The first-order valence-electron chi connectivity index (χ1n) is 7.01. The van der Waals surface area contributed by atoms with E-state index in [1.54, 1.807) is 26.8 Å². The Balaban J connectivity index is 2.67. The molecule has 0 heterocycles. The fourth-order valence-corrected chi connectivity index (χ4v) is 1.68. The summed E-state index contributed by atoms with van der Waals surface area (Å²) in [5, 5.41) is 11.5. The normalized spacial score (nSPS) is 12.4. The number of aryl methyl sites for hydroxylation is 1. The fourth-order valence-electron chi connectivity index (χ4n) is 1.68. The van der Waals surface area contributed by atoms with E-state index in [0.29, 0.717) is 5.75 Å². The highest BCUT2D eigenvalue weighted by Gasteiger charge is 2.24. The molecule has 0 aliphatic rings. The van der Waals surface area contributed by atoms with Crippen LogP contribution in [0.1, 0.15) is 31.9 Å². The number of nitrogens with one attached hydrogen (secondary N) is 1. The summed E-state index contributed by atoms with van der Waals surface area (Å²) in [5.74, 6) is -0.589. The summed E-state index contributed by atoms with van der Waals surface area (Å²) < 4.78 is 10.6. The van der Waals surface area contributed by atoms with Crippen molar-refractivity contribution >= 4 is 12.1 Å². The van der Waals surface area contributed by atoms with Gasteiger partial charge in [-0.15, -0.1) is 0 Å². The molecule has 0 saturated heterocycles. The Morgan fingerprint density at radius 1 is 1.27 bits per heavy atom. The Bertz CT molecular complexity index is 548. The first-order chi connectivity index (χ1) is 10.1. The van der Waals surface area contributed by atoms with Gasteiger partial charge in [-0.25, -0.2) is 9.59 Å². The van der Waals surface area contributed by atoms with E-state index >= 15 is 0 Å². The number of carboxylic acid groups (broad SMARTS) is 1. The molecule has 6 nitrogen and oxygen atoms in total. The van der Waals surface area contributed by atoms with Gasteiger partial charge >= 0.3 is 12.1 Å². The van der Waals surface area contributed by atoms with Crippen molar-refractivity contribution in [2.24, 2.45) is 0 Å². The van der Waals surface area contributed by atoms with Gasteiger partial charge in [0.25, 0.3) is 0 Å². The molecule has 22 heavy (non-hydrogen) atoms. The van der Waals surface area contributed by atoms with Crippen molar-refractivity contribution in [2.45, 2.75) is 46.3 Å². The maximum Gasteiger partial charge on any atom is 0.408 e. The van der Waals surface area contributed by atoms with Crippen LogP contribution in [-0.4, -0.2) is 35.4 Å². The van der Waals surface area contributed by atoms with Gasteiger partial charge in [0, 0.05) is 0 Å². The Kier molecular flexibility index (Phi) is 5.79. The molecule has 0 saturated carbocycles. The molecule has 0 aromatic heterocycles. The lowest BCUT2D eigenvalue weighted by Crippen LogP contribution is -2.46. The maximum absolute atomic E-state index is 11.7. The molecule has 0 fully saturated rings. The molecule has 0 aliphatic heterocycles. The molecule has 1 aromatic carbocycles. The van der Waals surface area contributed by atoms with Gasteiger partial charge in [-0.3, -0.25) is 0 Å². The predicted octanol–water partition coefficient (Wildman–Crippen LogP) is 2.66. The van der Waals surface area contributed by atoms with Crippen LogP contribution < -0.4 is 10.1 Å². The number of alkyl carbamates (subject to hydrolysis) is 1. The van der Waals surface area contributed by atoms with Crippen LogP contribution in [0.15, 0.2) is 18.2 Å². The van der Waals surface area contributed by atoms with Gasteiger partial charge in [0.15, 0.2) is 6.04 Å². The molecule has 0 spiro atoms. The second-order valence-corrected chi connectivity index (χ2v) is 6.05. The molecule has 0 unspecified atom stereocenters. The smallest absolute Gasteiger partial charge is 0.408 e. The van der Waals surface area contributed by atoms with E-state index in [0.717, 1.165) is 11.1 Å². The first kappa shape index (κ1) is 17.8. The van der Waals surface area contributed by atoms with Crippen LogP contribution in [0.3, 0.4) is 0 Å². The van der Waals surface area contributed by atoms with Gasteiger partial charge in [-0.2, -0.15) is 0 Å². The van der Waals surface area contributed by atoms with Crippen LogP contribution >= 0.6 is 0 Å². The Morgan fingerprint density at radius 2 is 1.91 bits per heavy atom. The second kappa shape index (κ2) is 7.15. The summed E-state index contributed by atoms with van der Waals surface area (Å²) in [6.07, 6.45) is -0.788. The Hall–Kier alpha value is -2.24. The third-order valence-corrected chi connectivity index (χ3v) is 2.95. The zero-order chi connectivity index (χ0) is 16.9. The van der Waals surface area contributed by atoms with Crippen LogP contribution in [0.25, 0.3) is 0 Å². The van der Waals surface area contributed by atoms with Gasteiger partial charge in [0.2, 0.25) is 0 Å². The third-order valence-electron chi connectivity index (χ3n) is 2.95. The van der Waals surface area contributed by atoms with Crippen molar-refractivity contribution in [3.8, 4) is 5.75 Å². The summed E-state index contributed by atoms with van der Waals surface area (Å²) in [5.41, 5.74) is 1.29. The highest BCUT2D eigenvalue weighted by molar-refractivity contribution is 5.80. The topological polar surface area (TPSA) is 84.9 Å². The van der Waals surface area contributed by atoms with Crippen molar-refractivity contribution in [3.05, 3.63) is 29.3 Å². The van der Waals surface area contributed by atoms with Crippen molar-refractivity contribution in [1.29, 1.82) is 0 Å². The van der Waals surface area contributed by atoms with E-state index in [4.69, 9.17) is 9.47 Å². The highest BCUT2D eigenvalue weighted by Crippen LogP contribution is 2.20. The van der Waals surface area contributed by atoms with Crippen molar-refractivity contribution in [1.82, 2.24) is 5.32 Å². The summed E-state index contributed by atoms with van der Waals surface area (Å²) in [6, 6.07) is 4.34. The average molecular weight is 309 g/mol. The number of hydrogen-bond donors (Lipinski definition) is 2. The largest absolute Gasteiger partial charge is 0.491 e. The lowest BCUT2D eigenvalue weighted by molar-refractivity contribution is -0.140. The molecular weight excluding hydrogens is 286 g/mol. The minimum Gasteiger partial charge on any atom is -0.491 e. The molecule has 1 amide bonds. The molecule has 122 valence electrons. The highest BCUT2D eigenvalue weighted by atomic mass is 16.6. The first-order valence-corrected chi connectivity index (χ1v) is 7.01. The number of amides is 1. The van der Waals surface area contributed by atoms with Crippen molar-refractivity contribution in [2.75, 3.05) is 6.61 Å². The molecule has 6 heteroatoms. The van der Waals surface area contributed by atoms with Gasteiger partial charge in [-0.05, 0) is 51.8 Å². The molecular formula is C16H23NO5. The van der Waals surface area contributed by atoms with E-state index in [1.807, 2.05) is 26.0 Å². The lowest BCUT2D eigenvalue weighted by atomic mass is 10.1. The second-order valence-electron chi connectivity index (χ2n) is 6.05. The van der Waals surface area contributed by atoms with E-state index < -0.39 is 23.7 Å². The summed E-state index contributed by atoms with van der Waals surface area (Å²) in [7, 11) is 0. The third kappa shape index (κ3) is 5.63. The number of carbonyl (C=O) groups excluding carboxylic acids is 1. The van der Waals surface area contributed by atoms with Crippen LogP contribution in [-0.2, 0) is 9.53 Å². The quantitative estimate of drug-likeness (QED) is 0.873. The van der Waals surface area contributed by atoms with Gasteiger partial charge in [0.05, 0.1) is 0 Å².